The molecule has 0 saturated heterocycles. The Kier molecular flexibility index (Phi) is 15.9. The number of carbonyl (C=O) groups excluding carboxylic acids is 4. The van der Waals surface area contributed by atoms with Crippen LogP contribution >= 0.6 is 0 Å². The lowest BCUT2D eigenvalue weighted by Crippen LogP contribution is -2.54. The SMILES string of the molecule is C=CC(=O)OCCCCOc1ccc(C(=O)Oc2ccc(C(c3ccc(OC(=O)c4ccc(OCCCCOC(=O)C=C)cc4)cc3)(C(F)(F)F)C(F)(F)F)cc2)cc1. The van der Waals surface area contributed by atoms with Gasteiger partial charge in [-0.1, -0.05) is 37.4 Å². The molecule has 312 valence electrons. The molecule has 0 aromatic heterocycles. The number of benzene rings is 4. The molecule has 0 aliphatic heterocycles. The van der Waals surface area contributed by atoms with Gasteiger partial charge in [0.05, 0.1) is 37.6 Å². The highest BCUT2D eigenvalue weighted by molar-refractivity contribution is 5.91. The van der Waals surface area contributed by atoms with Gasteiger partial charge in [0.25, 0.3) is 0 Å². The third-order valence-electron chi connectivity index (χ3n) is 8.46. The van der Waals surface area contributed by atoms with Crippen molar-refractivity contribution in [1.29, 1.82) is 0 Å². The predicted octanol–water partition coefficient (Wildman–Crippen LogP) is 9.31. The Balaban J connectivity index is 1.39. The molecule has 0 spiro atoms. The molecule has 0 N–H and O–H groups in total. The largest absolute Gasteiger partial charge is 0.494 e. The lowest BCUT2D eigenvalue weighted by atomic mass is 9.73. The zero-order valence-corrected chi connectivity index (χ0v) is 31.3. The molecule has 0 amide bonds. The van der Waals surface area contributed by atoms with Crippen LogP contribution < -0.4 is 18.9 Å². The highest BCUT2D eigenvalue weighted by Crippen LogP contribution is 2.56. The third kappa shape index (κ3) is 12.2. The first-order chi connectivity index (χ1) is 28.1. The smallest absolute Gasteiger partial charge is 0.411 e. The van der Waals surface area contributed by atoms with E-state index in [-0.39, 0.29) is 49.1 Å². The summed E-state index contributed by atoms with van der Waals surface area (Å²) < 4.78 is 120. The van der Waals surface area contributed by atoms with E-state index in [1.165, 1.54) is 48.5 Å². The maximum absolute atomic E-state index is 14.8. The van der Waals surface area contributed by atoms with Gasteiger partial charge in [-0.15, -0.1) is 0 Å². The van der Waals surface area contributed by atoms with Crippen molar-refractivity contribution >= 4 is 23.9 Å². The van der Waals surface area contributed by atoms with Crippen LogP contribution in [-0.2, 0) is 24.5 Å². The number of hydrogen-bond donors (Lipinski definition) is 0. The van der Waals surface area contributed by atoms with Gasteiger partial charge in [-0.05, 0) is 110 Å². The van der Waals surface area contributed by atoms with E-state index in [0.717, 1.165) is 36.4 Å². The van der Waals surface area contributed by atoms with E-state index in [2.05, 4.69) is 13.2 Å². The van der Waals surface area contributed by atoms with E-state index < -0.39 is 52.8 Å². The molecule has 4 rings (SSSR count). The van der Waals surface area contributed by atoms with Gasteiger partial charge in [0.2, 0.25) is 5.41 Å². The van der Waals surface area contributed by atoms with Crippen molar-refractivity contribution in [3.63, 3.8) is 0 Å². The molecule has 59 heavy (non-hydrogen) atoms. The van der Waals surface area contributed by atoms with Crippen LogP contribution in [0.5, 0.6) is 23.0 Å². The van der Waals surface area contributed by atoms with E-state index in [1.807, 2.05) is 0 Å². The van der Waals surface area contributed by atoms with Gasteiger partial charge in [0.15, 0.2) is 0 Å². The molecular formula is C43H38F6O10. The molecule has 4 aromatic carbocycles. The minimum Gasteiger partial charge on any atom is -0.494 e. The molecule has 16 heteroatoms. The van der Waals surface area contributed by atoms with Crippen molar-refractivity contribution in [1.82, 2.24) is 0 Å². The molecule has 0 fully saturated rings. The minimum atomic E-state index is -5.91. The molecule has 4 aromatic rings. The number of hydrogen-bond acceptors (Lipinski definition) is 10. The van der Waals surface area contributed by atoms with Gasteiger partial charge in [-0.25, -0.2) is 19.2 Å². The van der Waals surface area contributed by atoms with Crippen molar-refractivity contribution in [2.45, 2.75) is 43.5 Å². The summed E-state index contributed by atoms with van der Waals surface area (Å²) in [7, 11) is 0. The molecule has 0 aliphatic carbocycles. The molecule has 0 aliphatic rings. The first-order valence-corrected chi connectivity index (χ1v) is 17.9. The maximum Gasteiger partial charge on any atom is 0.411 e. The van der Waals surface area contributed by atoms with Crippen molar-refractivity contribution in [2.24, 2.45) is 0 Å². The Morgan fingerprint density at radius 2 is 0.763 bits per heavy atom. The lowest BCUT2D eigenvalue weighted by Gasteiger charge is -2.38. The highest BCUT2D eigenvalue weighted by atomic mass is 19.4. The number of alkyl halides is 6. The summed E-state index contributed by atoms with van der Waals surface area (Å²) in [4.78, 5) is 47.6. The molecule has 0 bridgehead atoms. The van der Waals surface area contributed by atoms with Crippen LogP contribution in [0.15, 0.2) is 122 Å². The molecule has 0 atom stereocenters. The Morgan fingerprint density at radius 1 is 0.458 bits per heavy atom. The third-order valence-corrected chi connectivity index (χ3v) is 8.46. The van der Waals surface area contributed by atoms with E-state index in [4.69, 9.17) is 28.4 Å². The van der Waals surface area contributed by atoms with Crippen LogP contribution in [0.3, 0.4) is 0 Å². The van der Waals surface area contributed by atoms with Gasteiger partial charge in [0.1, 0.15) is 23.0 Å². The highest BCUT2D eigenvalue weighted by Gasteiger charge is 2.72. The Hall–Kier alpha value is -6.58. The number of halogens is 6. The van der Waals surface area contributed by atoms with Crippen LogP contribution in [-0.4, -0.2) is 62.7 Å². The van der Waals surface area contributed by atoms with E-state index in [9.17, 15) is 45.5 Å². The molecule has 0 saturated carbocycles. The van der Waals surface area contributed by atoms with Gasteiger partial charge in [-0.2, -0.15) is 26.3 Å². The minimum absolute atomic E-state index is 0.0264. The Labute approximate surface area is 334 Å². The average Bonchev–Trinajstić information content (AvgIpc) is 3.21. The van der Waals surface area contributed by atoms with Crippen molar-refractivity contribution in [3.05, 3.63) is 145 Å². The van der Waals surface area contributed by atoms with Crippen LogP contribution in [0, 0.1) is 0 Å². The fraction of sp³-hybridized carbons (Fsp3) is 0.256. The lowest BCUT2D eigenvalue weighted by molar-refractivity contribution is -0.288. The Morgan fingerprint density at radius 3 is 1.07 bits per heavy atom. The summed E-state index contributed by atoms with van der Waals surface area (Å²) in [5, 5.41) is 0. The first-order valence-electron chi connectivity index (χ1n) is 17.9. The summed E-state index contributed by atoms with van der Waals surface area (Å²) in [5.74, 6) is -2.76. The average molecular weight is 829 g/mol. The zero-order valence-electron chi connectivity index (χ0n) is 31.3. The number of carbonyl (C=O) groups is 4. The number of esters is 4. The fourth-order valence-corrected chi connectivity index (χ4v) is 5.49. The second kappa shape index (κ2) is 20.7. The van der Waals surface area contributed by atoms with Crippen LogP contribution in [0.1, 0.15) is 57.5 Å². The van der Waals surface area contributed by atoms with Crippen molar-refractivity contribution < 1.29 is 73.9 Å². The van der Waals surface area contributed by atoms with Gasteiger partial charge in [0, 0.05) is 12.2 Å². The summed E-state index contributed by atoms with van der Waals surface area (Å²) in [6.45, 7) is 7.55. The number of rotatable bonds is 20. The summed E-state index contributed by atoms with van der Waals surface area (Å²) in [6.07, 6.45) is -7.52. The second-order valence-electron chi connectivity index (χ2n) is 12.5. The van der Waals surface area contributed by atoms with E-state index >= 15 is 0 Å². The summed E-state index contributed by atoms with van der Waals surface area (Å²) >= 11 is 0. The summed E-state index contributed by atoms with van der Waals surface area (Å²) in [5.41, 5.74) is -6.89. The summed E-state index contributed by atoms with van der Waals surface area (Å²) in [6, 6.07) is 16.9. The topological polar surface area (TPSA) is 124 Å². The van der Waals surface area contributed by atoms with Gasteiger partial charge < -0.3 is 28.4 Å². The standard InChI is InChI=1S/C43H38F6O10/c1-3-37(50)56-27-7-5-25-54-33-17-9-29(10-18-33)39(52)58-35-21-13-31(14-22-35)41(42(44,45)46,43(47,48)49)32-15-23-36(24-16-32)59-40(53)30-11-19-34(20-12-30)55-26-6-8-28-57-38(51)4-2/h3-4,9-24H,1-2,5-8,25-28H2. The van der Waals surface area contributed by atoms with Crippen LogP contribution in [0.2, 0.25) is 0 Å². The van der Waals surface area contributed by atoms with Crippen molar-refractivity contribution in [2.75, 3.05) is 26.4 Å². The van der Waals surface area contributed by atoms with Crippen LogP contribution in [0.25, 0.3) is 0 Å². The second-order valence-corrected chi connectivity index (χ2v) is 12.5. The fourth-order valence-electron chi connectivity index (χ4n) is 5.49. The first kappa shape index (κ1) is 45.1. The maximum atomic E-state index is 14.8. The predicted molar refractivity (Wildman–Crippen MR) is 200 cm³/mol. The van der Waals surface area contributed by atoms with Gasteiger partial charge >= 0.3 is 36.2 Å². The Bertz CT molecular complexity index is 1890. The molecule has 0 heterocycles. The molecule has 10 nitrogen and oxygen atoms in total. The van der Waals surface area contributed by atoms with Crippen LogP contribution in [0.4, 0.5) is 26.3 Å². The quantitative estimate of drug-likeness (QED) is 0.0280. The van der Waals surface area contributed by atoms with Gasteiger partial charge in [-0.3, -0.25) is 0 Å². The zero-order chi connectivity index (χ0) is 43.1. The number of unbranched alkanes of at least 4 members (excludes halogenated alkanes) is 2. The number of ether oxygens (including phenoxy) is 6. The molecular weight excluding hydrogens is 790 g/mol. The van der Waals surface area contributed by atoms with E-state index in [1.54, 1.807) is 0 Å². The van der Waals surface area contributed by atoms with E-state index in [0.29, 0.717) is 61.4 Å². The molecule has 0 unspecified atom stereocenters. The normalized spacial score (nSPS) is 11.5. The monoisotopic (exact) mass is 828 g/mol. The molecule has 0 radical (unpaired) electrons. The van der Waals surface area contributed by atoms with Crippen molar-refractivity contribution in [3.8, 4) is 23.0 Å².